The van der Waals surface area contributed by atoms with E-state index in [-0.39, 0.29) is 5.75 Å². The summed E-state index contributed by atoms with van der Waals surface area (Å²) in [7, 11) is 3.26. The van der Waals surface area contributed by atoms with Gasteiger partial charge >= 0.3 is 0 Å². The van der Waals surface area contributed by atoms with Gasteiger partial charge in [0, 0.05) is 24.7 Å². The van der Waals surface area contributed by atoms with E-state index in [4.69, 9.17) is 21.1 Å². The molecule has 0 spiro atoms. The van der Waals surface area contributed by atoms with Gasteiger partial charge in [-0.15, -0.1) is 0 Å². The minimum absolute atomic E-state index is 0.0947. The Bertz CT molecular complexity index is 616. The van der Waals surface area contributed by atoms with Crippen LogP contribution in [0.4, 0.5) is 0 Å². The average molecular weight is 308 g/mol. The smallest absolute Gasteiger partial charge is 0.134 e. The minimum Gasteiger partial charge on any atom is -0.506 e. The number of halogens is 1. The molecule has 0 aliphatic carbocycles. The molecule has 0 aromatic heterocycles. The molecule has 21 heavy (non-hydrogen) atoms. The molecule has 0 aliphatic rings. The molecular weight excluding hydrogens is 290 g/mol. The van der Waals surface area contributed by atoms with Gasteiger partial charge in [0.2, 0.25) is 0 Å². The van der Waals surface area contributed by atoms with Crippen molar-refractivity contribution in [1.82, 2.24) is 5.32 Å². The fraction of sp³-hybridized carbons (Fsp3) is 0.250. The standard InChI is InChI=1S/C16H18ClNO3/c1-20-13-5-4-12(16(8-13)21-2)10-18-9-11-3-6-15(19)14(17)7-11/h3-8,18-19H,9-10H2,1-2H3. The van der Waals surface area contributed by atoms with Crippen molar-refractivity contribution >= 4 is 11.6 Å². The second-order valence-corrected chi connectivity index (χ2v) is 4.97. The molecule has 112 valence electrons. The first-order valence-corrected chi connectivity index (χ1v) is 6.91. The lowest BCUT2D eigenvalue weighted by atomic mass is 10.1. The van der Waals surface area contributed by atoms with E-state index in [1.54, 1.807) is 26.4 Å². The monoisotopic (exact) mass is 307 g/mol. The van der Waals surface area contributed by atoms with Crippen LogP contribution < -0.4 is 14.8 Å². The molecule has 0 amide bonds. The fourth-order valence-corrected chi connectivity index (χ4v) is 2.20. The Morgan fingerprint density at radius 3 is 2.52 bits per heavy atom. The van der Waals surface area contributed by atoms with Crippen molar-refractivity contribution < 1.29 is 14.6 Å². The van der Waals surface area contributed by atoms with Crippen LogP contribution in [0, 0.1) is 0 Å². The van der Waals surface area contributed by atoms with Gasteiger partial charge in [-0.25, -0.2) is 0 Å². The molecule has 0 unspecified atom stereocenters. The number of rotatable bonds is 6. The molecule has 2 aromatic carbocycles. The lowest BCUT2D eigenvalue weighted by Gasteiger charge is -2.11. The van der Waals surface area contributed by atoms with Crippen LogP contribution in [-0.2, 0) is 13.1 Å². The van der Waals surface area contributed by atoms with E-state index in [2.05, 4.69) is 5.32 Å². The molecule has 0 saturated heterocycles. The second-order valence-electron chi connectivity index (χ2n) is 4.57. The summed E-state index contributed by atoms with van der Waals surface area (Å²) in [5.41, 5.74) is 2.05. The Morgan fingerprint density at radius 1 is 1.05 bits per heavy atom. The third kappa shape index (κ3) is 4.03. The first-order valence-electron chi connectivity index (χ1n) is 6.53. The molecule has 2 rings (SSSR count). The predicted octanol–water partition coefficient (Wildman–Crippen LogP) is 3.35. The van der Waals surface area contributed by atoms with Crippen molar-refractivity contribution in [1.29, 1.82) is 0 Å². The summed E-state index contributed by atoms with van der Waals surface area (Å²) in [6.07, 6.45) is 0. The SMILES string of the molecule is COc1ccc(CNCc2ccc(O)c(Cl)c2)c(OC)c1. The highest BCUT2D eigenvalue weighted by Crippen LogP contribution is 2.25. The van der Waals surface area contributed by atoms with Gasteiger partial charge in [-0.3, -0.25) is 0 Å². The van der Waals surface area contributed by atoms with E-state index < -0.39 is 0 Å². The molecule has 0 aliphatic heterocycles. The molecule has 0 saturated carbocycles. The summed E-state index contributed by atoms with van der Waals surface area (Å²) in [4.78, 5) is 0. The van der Waals surface area contributed by atoms with E-state index >= 15 is 0 Å². The van der Waals surface area contributed by atoms with E-state index in [9.17, 15) is 5.11 Å². The average Bonchev–Trinajstić information content (AvgIpc) is 2.51. The Kier molecular flexibility index (Phi) is 5.31. The van der Waals surface area contributed by atoms with E-state index in [1.165, 1.54) is 0 Å². The lowest BCUT2D eigenvalue weighted by Crippen LogP contribution is -2.13. The largest absolute Gasteiger partial charge is 0.506 e. The van der Waals surface area contributed by atoms with Gasteiger partial charge in [0.1, 0.15) is 17.2 Å². The highest BCUT2D eigenvalue weighted by molar-refractivity contribution is 6.32. The topological polar surface area (TPSA) is 50.7 Å². The summed E-state index contributed by atoms with van der Waals surface area (Å²) in [5, 5.41) is 13.1. The molecule has 2 N–H and O–H groups in total. The molecule has 4 nitrogen and oxygen atoms in total. The molecule has 0 heterocycles. The van der Waals surface area contributed by atoms with Crippen molar-refractivity contribution in [2.45, 2.75) is 13.1 Å². The van der Waals surface area contributed by atoms with Crippen LogP contribution in [0.15, 0.2) is 36.4 Å². The van der Waals surface area contributed by atoms with Gasteiger partial charge in [0.25, 0.3) is 0 Å². The Labute approximate surface area is 129 Å². The fourth-order valence-electron chi connectivity index (χ4n) is 2.00. The first-order chi connectivity index (χ1) is 10.1. The van der Waals surface area contributed by atoms with Crippen molar-refractivity contribution in [3.63, 3.8) is 0 Å². The third-order valence-electron chi connectivity index (χ3n) is 3.15. The number of nitrogens with one attached hydrogen (secondary N) is 1. The van der Waals surface area contributed by atoms with Gasteiger partial charge in [-0.2, -0.15) is 0 Å². The Balaban J connectivity index is 1.98. The lowest BCUT2D eigenvalue weighted by molar-refractivity contribution is 0.390. The maximum Gasteiger partial charge on any atom is 0.134 e. The predicted molar refractivity (Wildman–Crippen MR) is 83.2 cm³/mol. The van der Waals surface area contributed by atoms with E-state index in [0.29, 0.717) is 18.1 Å². The quantitative estimate of drug-likeness (QED) is 0.859. The molecule has 5 heteroatoms. The Morgan fingerprint density at radius 2 is 1.86 bits per heavy atom. The van der Waals surface area contributed by atoms with Gasteiger partial charge in [0.05, 0.1) is 19.2 Å². The molecule has 0 fully saturated rings. The highest BCUT2D eigenvalue weighted by Gasteiger charge is 2.05. The van der Waals surface area contributed by atoms with E-state index in [0.717, 1.165) is 22.6 Å². The van der Waals surface area contributed by atoms with Crippen molar-refractivity contribution in [2.24, 2.45) is 0 Å². The summed E-state index contributed by atoms with van der Waals surface area (Å²) < 4.78 is 10.5. The number of methoxy groups -OCH3 is 2. The molecule has 2 aromatic rings. The number of ether oxygens (including phenoxy) is 2. The summed E-state index contributed by atoms with van der Waals surface area (Å²) in [6, 6.07) is 10.9. The zero-order valence-electron chi connectivity index (χ0n) is 12.0. The molecular formula is C16H18ClNO3. The van der Waals surface area contributed by atoms with Crippen LogP contribution in [0.1, 0.15) is 11.1 Å². The van der Waals surface area contributed by atoms with Crippen LogP contribution in [0.2, 0.25) is 5.02 Å². The van der Waals surface area contributed by atoms with Crippen molar-refractivity contribution in [3.05, 3.63) is 52.5 Å². The number of hydrogen-bond donors (Lipinski definition) is 2. The van der Waals surface area contributed by atoms with Crippen LogP contribution in [0.5, 0.6) is 17.2 Å². The number of phenolic OH excluding ortho intramolecular Hbond substituents is 1. The van der Waals surface area contributed by atoms with E-state index in [1.807, 2.05) is 24.3 Å². The third-order valence-corrected chi connectivity index (χ3v) is 3.45. The molecule has 0 bridgehead atoms. The van der Waals surface area contributed by atoms with Crippen LogP contribution in [0.3, 0.4) is 0 Å². The number of hydrogen-bond acceptors (Lipinski definition) is 4. The first kappa shape index (κ1) is 15.5. The van der Waals surface area contributed by atoms with Crippen molar-refractivity contribution in [3.8, 4) is 17.2 Å². The highest BCUT2D eigenvalue weighted by atomic mass is 35.5. The minimum atomic E-state index is 0.0947. The van der Waals surface area contributed by atoms with Gasteiger partial charge in [-0.1, -0.05) is 23.7 Å². The van der Waals surface area contributed by atoms with Crippen LogP contribution in [-0.4, -0.2) is 19.3 Å². The van der Waals surface area contributed by atoms with Gasteiger partial charge in [0.15, 0.2) is 0 Å². The summed E-state index contributed by atoms with van der Waals surface area (Å²) in [5.74, 6) is 1.64. The summed E-state index contributed by atoms with van der Waals surface area (Å²) >= 11 is 5.88. The second kappa shape index (κ2) is 7.20. The summed E-state index contributed by atoms with van der Waals surface area (Å²) in [6.45, 7) is 1.31. The number of aromatic hydroxyl groups is 1. The van der Waals surface area contributed by atoms with Gasteiger partial charge < -0.3 is 19.9 Å². The van der Waals surface area contributed by atoms with Crippen LogP contribution >= 0.6 is 11.6 Å². The molecule has 0 atom stereocenters. The zero-order chi connectivity index (χ0) is 15.2. The maximum absolute atomic E-state index is 9.38. The zero-order valence-corrected chi connectivity index (χ0v) is 12.8. The Hall–Kier alpha value is -1.91. The van der Waals surface area contributed by atoms with Crippen LogP contribution in [0.25, 0.3) is 0 Å². The van der Waals surface area contributed by atoms with Crippen molar-refractivity contribution in [2.75, 3.05) is 14.2 Å². The maximum atomic E-state index is 9.38. The number of phenols is 1. The number of benzene rings is 2. The normalized spacial score (nSPS) is 10.4. The molecule has 0 radical (unpaired) electrons. The van der Waals surface area contributed by atoms with Gasteiger partial charge in [-0.05, 0) is 23.8 Å².